The fraction of sp³-hybridized carbons (Fsp3) is 0.417. The zero-order valence-corrected chi connectivity index (χ0v) is 10.1. The predicted octanol–water partition coefficient (Wildman–Crippen LogP) is 1.84. The summed E-state index contributed by atoms with van der Waals surface area (Å²) in [5.41, 5.74) is 0.0446. The highest BCUT2D eigenvalue weighted by Crippen LogP contribution is 2.48. The van der Waals surface area contributed by atoms with Crippen LogP contribution in [0.1, 0.15) is 24.5 Å². The third-order valence-corrected chi connectivity index (χ3v) is 3.26. The first-order valence-electron chi connectivity index (χ1n) is 5.64. The van der Waals surface area contributed by atoms with Crippen molar-refractivity contribution in [2.24, 2.45) is 0 Å². The number of hydrogen-bond donors (Lipinski definition) is 0. The summed E-state index contributed by atoms with van der Waals surface area (Å²) >= 11 is 0. The van der Waals surface area contributed by atoms with Gasteiger partial charge in [0.2, 0.25) is 11.7 Å². The minimum absolute atomic E-state index is 0.318. The first-order chi connectivity index (χ1) is 8.67. The number of esters is 1. The van der Waals surface area contributed by atoms with E-state index in [0.717, 1.165) is 5.56 Å². The molecule has 1 saturated carbocycles. The third-order valence-electron chi connectivity index (χ3n) is 3.26. The Kier molecular flexibility index (Phi) is 2.26. The van der Waals surface area contributed by atoms with Gasteiger partial charge in [-0.15, -0.1) is 0 Å². The molecule has 0 aliphatic heterocycles. The topological polar surface area (TPSA) is 78.4 Å². The van der Waals surface area contributed by atoms with E-state index >= 15 is 0 Å². The lowest BCUT2D eigenvalue weighted by Crippen LogP contribution is -2.22. The molecule has 2 heterocycles. The first kappa shape index (κ1) is 11.0. The van der Waals surface area contributed by atoms with Crippen molar-refractivity contribution in [2.45, 2.75) is 25.2 Å². The van der Waals surface area contributed by atoms with Gasteiger partial charge in [-0.3, -0.25) is 4.79 Å². The summed E-state index contributed by atoms with van der Waals surface area (Å²) in [7, 11) is 1.36. The number of rotatable bonds is 3. The van der Waals surface area contributed by atoms with Crippen LogP contribution in [0.3, 0.4) is 0 Å². The minimum atomic E-state index is -0.725. The maximum Gasteiger partial charge on any atom is 0.321 e. The SMILES string of the molecule is COC(=O)C1(c2nc(-c3ccoc3C)no2)CC1. The molecule has 0 atom stereocenters. The van der Waals surface area contributed by atoms with E-state index in [0.29, 0.717) is 30.3 Å². The Bertz CT molecular complexity index is 595. The van der Waals surface area contributed by atoms with Crippen molar-refractivity contribution in [1.29, 1.82) is 0 Å². The van der Waals surface area contributed by atoms with E-state index < -0.39 is 5.41 Å². The van der Waals surface area contributed by atoms with Gasteiger partial charge in [0.25, 0.3) is 0 Å². The van der Waals surface area contributed by atoms with Crippen molar-refractivity contribution in [2.75, 3.05) is 7.11 Å². The highest BCUT2D eigenvalue weighted by molar-refractivity contribution is 5.85. The molecular formula is C12H12N2O4. The van der Waals surface area contributed by atoms with Gasteiger partial charge in [-0.05, 0) is 25.8 Å². The minimum Gasteiger partial charge on any atom is -0.469 e. The largest absolute Gasteiger partial charge is 0.469 e. The van der Waals surface area contributed by atoms with Crippen molar-refractivity contribution < 1.29 is 18.5 Å². The number of aromatic nitrogens is 2. The Balaban J connectivity index is 1.96. The zero-order chi connectivity index (χ0) is 12.8. The highest BCUT2D eigenvalue weighted by atomic mass is 16.5. The molecule has 3 rings (SSSR count). The lowest BCUT2D eigenvalue weighted by molar-refractivity contribution is -0.144. The number of hydrogen-bond acceptors (Lipinski definition) is 6. The fourth-order valence-corrected chi connectivity index (χ4v) is 1.97. The molecule has 0 saturated heterocycles. The van der Waals surface area contributed by atoms with Gasteiger partial charge in [0.05, 0.1) is 18.9 Å². The molecular weight excluding hydrogens is 236 g/mol. The van der Waals surface area contributed by atoms with E-state index in [4.69, 9.17) is 13.7 Å². The second-order valence-electron chi connectivity index (χ2n) is 4.39. The first-order valence-corrected chi connectivity index (χ1v) is 5.64. The van der Waals surface area contributed by atoms with Crippen LogP contribution in [0.25, 0.3) is 11.4 Å². The van der Waals surface area contributed by atoms with Crippen LogP contribution in [0.5, 0.6) is 0 Å². The Morgan fingerprint density at radius 2 is 2.28 bits per heavy atom. The molecule has 94 valence electrons. The van der Waals surface area contributed by atoms with Crippen LogP contribution >= 0.6 is 0 Å². The number of carbonyl (C=O) groups excluding carboxylic acids is 1. The molecule has 6 heteroatoms. The standard InChI is InChI=1S/C12H12N2O4/c1-7-8(3-6-17-7)9-13-10(18-14-9)12(4-5-12)11(15)16-2/h3,6H,4-5H2,1-2H3. The molecule has 1 aliphatic carbocycles. The van der Waals surface area contributed by atoms with Crippen LogP contribution in [-0.2, 0) is 14.9 Å². The third kappa shape index (κ3) is 1.45. The summed E-state index contributed by atoms with van der Waals surface area (Å²) in [5.74, 6) is 1.16. The van der Waals surface area contributed by atoms with Gasteiger partial charge in [-0.1, -0.05) is 5.16 Å². The molecule has 0 N–H and O–H groups in total. The molecule has 18 heavy (non-hydrogen) atoms. The summed E-state index contributed by atoms with van der Waals surface area (Å²) in [6, 6.07) is 1.77. The van der Waals surface area contributed by atoms with Gasteiger partial charge >= 0.3 is 5.97 Å². The smallest absolute Gasteiger partial charge is 0.321 e. The molecule has 0 amide bonds. The maximum absolute atomic E-state index is 11.7. The summed E-state index contributed by atoms with van der Waals surface area (Å²) in [6.45, 7) is 1.82. The van der Waals surface area contributed by atoms with Crippen molar-refractivity contribution >= 4 is 5.97 Å². The summed E-state index contributed by atoms with van der Waals surface area (Å²) in [5, 5.41) is 3.89. The van der Waals surface area contributed by atoms with E-state index in [1.807, 2.05) is 6.92 Å². The van der Waals surface area contributed by atoms with Crippen molar-refractivity contribution in [1.82, 2.24) is 10.1 Å². The Hall–Kier alpha value is -2.11. The van der Waals surface area contributed by atoms with Crippen molar-refractivity contribution in [3.8, 4) is 11.4 Å². The van der Waals surface area contributed by atoms with Crippen LogP contribution in [0.4, 0.5) is 0 Å². The lowest BCUT2D eigenvalue weighted by atomic mass is 10.1. The molecule has 6 nitrogen and oxygen atoms in total. The number of furan rings is 1. The quantitative estimate of drug-likeness (QED) is 0.771. The Labute approximate surface area is 103 Å². The molecule has 2 aromatic heterocycles. The molecule has 0 spiro atoms. The molecule has 0 radical (unpaired) electrons. The van der Waals surface area contributed by atoms with Gasteiger partial charge in [0.1, 0.15) is 11.2 Å². The molecule has 1 aliphatic rings. The number of ether oxygens (including phenoxy) is 1. The monoisotopic (exact) mass is 248 g/mol. The maximum atomic E-state index is 11.7. The lowest BCUT2D eigenvalue weighted by Gasteiger charge is -2.05. The number of nitrogens with zero attached hydrogens (tertiary/aromatic N) is 2. The second-order valence-corrected chi connectivity index (χ2v) is 4.39. The van der Waals surface area contributed by atoms with Gasteiger partial charge in [0.15, 0.2) is 0 Å². The van der Waals surface area contributed by atoms with Gasteiger partial charge in [-0.25, -0.2) is 0 Å². The van der Waals surface area contributed by atoms with Gasteiger partial charge in [0, 0.05) is 0 Å². The molecule has 0 aromatic carbocycles. The number of carbonyl (C=O) groups is 1. The average molecular weight is 248 g/mol. The zero-order valence-electron chi connectivity index (χ0n) is 10.1. The van der Waals surface area contributed by atoms with Gasteiger partial charge in [-0.2, -0.15) is 4.98 Å². The average Bonchev–Trinajstić information content (AvgIpc) is 2.83. The normalized spacial score (nSPS) is 16.6. The Morgan fingerprint density at radius 1 is 1.50 bits per heavy atom. The van der Waals surface area contributed by atoms with Crippen LogP contribution in [0, 0.1) is 6.92 Å². The second kappa shape index (κ2) is 3.69. The molecule has 1 fully saturated rings. The summed E-state index contributed by atoms with van der Waals surface area (Å²) in [4.78, 5) is 16.0. The summed E-state index contributed by atoms with van der Waals surface area (Å²) in [6.07, 6.45) is 2.94. The van der Waals surface area contributed by atoms with E-state index in [1.165, 1.54) is 7.11 Å². The molecule has 0 unspecified atom stereocenters. The van der Waals surface area contributed by atoms with Crippen LogP contribution in [0.2, 0.25) is 0 Å². The van der Waals surface area contributed by atoms with E-state index in [2.05, 4.69) is 10.1 Å². The fourth-order valence-electron chi connectivity index (χ4n) is 1.97. The van der Waals surface area contributed by atoms with E-state index in [-0.39, 0.29) is 5.97 Å². The van der Waals surface area contributed by atoms with Crippen LogP contribution < -0.4 is 0 Å². The van der Waals surface area contributed by atoms with E-state index in [1.54, 1.807) is 12.3 Å². The van der Waals surface area contributed by atoms with Gasteiger partial charge < -0.3 is 13.7 Å². The Morgan fingerprint density at radius 3 is 2.83 bits per heavy atom. The van der Waals surface area contributed by atoms with E-state index in [9.17, 15) is 4.79 Å². The van der Waals surface area contributed by atoms with Crippen LogP contribution in [-0.4, -0.2) is 23.2 Å². The predicted molar refractivity (Wildman–Crippen MR) is 59.7 cm³/mol. The van der Waals surface area contributed by atoms with Crippen LogP contribution in [0.15, 0.2) is 21.3 Å². The molecule has 0 bridgehead atoms. The summed E-state index contributed by atoms with van der Waals surface area (Å²) < 4.78 is 15.1. The highest BCUT2D eigenvalue weighted by Gasteiger charge is 2.57. The molecule has 2 aromatic rings. The van der Waals surface area contributed by atoms with Crippen molar-refractivity contribution in [3.63, 3.8) is 0 Å². The number of methoxy groups -OCH3 is 1. The number of aryl methyl sites for hydroxylation is 1. The van der Waals surface area contributed by atoms with Crippen molar-refractivity contribution in [3.05, 3.63) is 24.0 Å².